The maximum absolute atomic E-state index is 12.4. The van der Waals surface area contributed by atoms with Gasteiger partial charge in [-0.05, 0) is 18.4 Å². The van der Waals surface area contributed by atoms with Crippen LogP contribution in [0, 0.1) is 11.3 Å². The molecule has 1 N–H and O–H groups in total. The molecule has 0 aliphatic carbocycles. The van der Waals surface area contributed by atoms with E-state index in [1.807, 2.05) is 30.3 Å². The Morgan fingerprint density at radius 1 is 1.25 bits per heavy atom. The zero-order valence-corrected chi connectivity index (χ0v) is 11.3. The first kappa shape index (κ1) is 12.7. The fourth-order valence-electron chi connectivity index (χ4n) is 2.95. The van der Waals surface area contributed by atoms with Gasteiger partial charge in [0.25, 0.3) is 0 Å². The summed E-state index contributed by atoms with van der Waals surface area (Å²) in [6, 6.07) is 12.1. The molecule has 0 aromatic heterocycles. The van der Waals surface area contributed by atoms with Crippen LogP contribution in [0.3, 0.4) is 0 Å². The van der Waals surface area contributed by atoms with Crippen LogP contribution in [0.1, 0.15) is 30.7 Å². The Balaban J connectivity index is 2.06. The van der Waals surface area contributed by atoms with E-state index in [-0.39, 0.29) is 11.8 Å². The number of nitrogens with zero attached hydrogens (tertiary/aromatic N) is 2. The van der Waals surface area contributed by atoms with Crippen molar-refractivity contribution >= 4 is 5.91 Å². The van der Waals surface area contributed by atoms with E-state index in [0.29, 0.717) is 18.5 Å². The van der Waals surface area contributed by atoms with Crippen molar-refractivity contribution in [2.24, 2.45) is 0 Å². The number of nitrogens with one attached hydrogen (secondary N) is 1. The van der Waals surface area contributed by atoms with Crippen LogP contribution in [0.2, 0.25) is 0 Å². The number of hydrogen-bond donors (Lipinski definition) is 1. The quantitative estimate of drug-likeness (QED) is 0.848. The van der Waals surface area contributed by atoms with Crippen LogP contribution in [0.15, 0.2) is 41.7 Å². The molecule has 2 heterocycles. The second-order valence-corrected chi connectivity index (χ2v) is 5.22. The van der Waals surface area contributed by atoms with Crippen molar-refractivity contribution in [3.8, 4) is 6.07 Å². The molecule has 0 radical (unpaired) electrons. The first-order chi connectivity index (χ1) is 9.81. The molecule has 1 unspecified atom stereocenters. The average molecular weight is 267 g/mol. The normalized spacial score (nSPS) is 22.6. The van der Waals surface area contributed by atoms with Gasteiger partial charge in [0.05, 0.1) is 11.6 Å². The van der Waals surface area contributed by atoms with Crippen LogP contribution >= 0.6 is 0 Å². The molecule has 2 aliphatic heterocycles. The van der Waals surface area contributed by atoms with Crippen LogP contribution in [0.5, 0.6) is 0 Å². The van der Waals surface area contributed by atoms with E-state index in [1.165, 1.54) is 0 Å². The van der Waals surface area contributed by atoms with Crippen molar-refractivity contribution < 1.29 is 4.79 Å². The minimum absolute atomic E-state index is 0.113. The van der Waals surface area contributed by atoms with E-state index in [9.17, 15) is 10.1 Å². The third kappa shape index (κ3) is 2.16. The predicted molar refractivity (Wildman–Crippen MR) is 75.4 cm³/mol. The Kier molecular flexibility index (Phi) is 3.42. The molecule has 2 aliphatic rings. The lowest BCUT2D eigenvalue weighted by molar-refractivity contribution is -0.130. The molecular weight excluding hydrogens is 250 g/mol. The summed E-state index contributed by atoms with van der Waals surface area (Å²) < 4.78 is 0. The molecule has 4 nitrogen and oxygen atoms in total. The first-order valence-electron chi connectivity index (χ1n) is 7.04. The largest absolute Gasteiger partial charge is 0.371 e. The molecule has 20 heavy (non-hydrogen) atoms. The summed E-state index contributed by atoms with van der Waals surface area (Å²) in [5.41, 5.74) is 1.73. The zero-order chi connectivity index (χ0) is 13.9. The summed E-state index contributed by atoms with van der Waals surface area (Å²) in [6.45, 7) is 1.54. The minimum atomic E-state index is -0.120. The summed E-state index contributed by atoms with van der Waals surface area (Å²) in [5, 5.41) is 12.8. The highest BCUT2D eigenvalue weighted by Gasteiger charge is 2.35. The number of nitriles is 1. The molecule has 1 saturated heterocycles. The van der Waals surface area contributed by atoms with Gasteiger partial charge in [-0.3, -0.25) is 9.69 Å². The lowest BCUT2D eigenvalue weighted by atomic mass is 9.85. The highest BCUT2D eigenvalue weighted by atomic mass is 16.2. The molecular formula is C16H17N3O. The lowest BCUT2D eigenvalue weighted by Gasteiger charge is -2.33. The van der Waals surface area contributed by atoms with Crippen molar-refractivity contribution in [3.05, 3.63) is 47.3 Å². The van der Waals surface area contributed by atoms with E-state index in [0.717, 1.165) is 30.8 Å². The number of allylic oxidation sites excluding steroid dienone is 1. The molecule has 102 valence electrons. The Morgan fingerprint density at radius 2 is 2.05 bits per heavy atom. The third-order valence-corrected chi connectivity index (χ3v) is 3.98. The van der Waals surface area contributed by atoms with Crippen molar-refractivity contribution in [3.63, 3.8) is 0 Å². The predicted octanol–water partition coefficient (Wildman–Crippen LogP) is 2.12. The summed E-state index contributed by atoms with van der Waals surface area (Å²) in [7, 11) is 0. The number of amides is 1. The first-order valence-corrected chi connectivity index (χ1v) is 7.04. The number of hydrogen-bond acceptors (Lipinski definition) is 3. The van der Waals surface area contributed by atoms with E-state index in [4.69, 9.17) is 0 Å². The van der Waals surface area contributed by atoms with Gasteiger partial charge in [0.1, 0.15) is 5.82 Å². The smallest absolute Gasteiger partial charge is 0.229 e. The lowest BCUT2D eigenvalue weighted by Crippen LogP contribution is -2.41. The Morgan fingerprint density at radius 3 is 2.80 bits per heavy atom. The molecule has 4 heteroatoms. The number of fused-ring (bicyclic) bond motifs is 1. The standard InChI is InChI=1S/C16H17N3O/c17-11-14-13(12-6-2-1-3-7-12)10-15(20)19-9-5-4-8-18-16(14)19/h1-3,6-7,13,18H,4-5,8-10H2. The summed E-state index contributed by atoms with van der Waals surface area (Å²) in [5.74, 6) is 0.725. The zero-order valence-electron chi connectivity index (χ0n) is 11.3. The monoisotopic (exact) mass is 267 g/mol. The van der Waals surface area contributed by atoms with Crippen LogP contribution in [0.4, 0.5) is 0 Å². The van der Waals surface area contributed by atoms with Crippen molar-refractivity contribution in [2.75, 3.05) is 13.1 Å². The van der Waals surface area contributed by atoms with Crippen molar-refractivity contribution in [1.82, 2.24) is 10.2 Å². The van der Waals surface area contributed by atoms with Gasteiger partial charge in [0.2, 0.25) is 5.91 Å². The maximum atomic E-state index is 12.4. The summed E-state index contributed by atoms with van der Waals surface area (Å²) in [6.07, 6.45) is 2.40. The van der Waals surface area contributed by atoms with Crippen LogP contribution in [-0.2, 0) is 4.79 Å². The van der Waals surface area contributed by atoms with Gasteiger partial charge in [-0.15, -0.1) is 0 Å². The Hall–Kier alpha value is -2.28. The van der Waals surface area contributed by atoms with E-state index >= 15 is 0 Å². The molecule has 1 aromatic carbocycles. The van der Waals surface area contributed by atoms with Gasteiger partial charge in [-0.2, -0.15) is 5.26 Å². The van der Waals surface area contributed by atoms with Gasteiger partial charge in [0, 0.05) is 25.4 Å². The van der Waals surface area contributed by atoms with Gasteiger partial charge < -0.3 is 5.32 Å². The van der Waals surface area contributed by atoms with Crippen LogP contribution < -0.4 is 5.32 Å². The second-order valence-electron chi connectivity index (χ2n) is 5.22. The number of carbonyl (C=O) groups excluding carboxylic acids is 1. The maximum Gasteiger partial charge on any atom is 0.229 e. The molecule has 0 saturated carbocycles. The van der Waals surface area contributed by atoms with Gasteiger partial charge in [0.15, 0.2) is 0 Å². The fourth-order valence-corrected chi connectivity index (χ4v) is 2.95. The molecule has 3 rings (SSSR count). The molecule has 1 aromatic rings. The molecule has 1 fully saturated rings. The SMILES string of the molecule is N#CC1=C2NCCCCN2C(=O)CC1c1ccccc1. The van der Waals surface area contributed by atoms with Crippen molar-refractivity contribution in [1.29, 1.82) is 5.26 Å². The topological polar surface area (TPSA) is 56.1 Å². The number of carbonyl (C=O) groups is 1. The van der Waals surface area contributed by atoms with E-state index < -0.39 is 0 Å². The number of benzene rings is 1. The Bertz CT molecular complexity index is 585. The van der Waals surface area contributed by atoms with E-state index in [2.05, 4.69) is 11.4 Å². The molecule has 0 spiro atoms. The minimum Gasteiger partial charge on any atom is -0.371 e. The highest BCUT2D eigenvalue weighted by Crippen LogP contribution is 2.35. The summed E-state index contributed by atoms with van der Waals surface area (Å²) >= 11 is 0. The molecule has 1 amide bonds. The Labute approximate surface area is 118 Å². The van der Waals surface area contributed by atoms with Crippen LogP contribution in [0.25, 0.3) is 0 Å². The van der Waals surface area contributed by atoms with Gasteiger partial charge >= 0.3 is 0 Å². The van der Waals surface area contributed by atoms with Gasteiger partial charge in [-0.1, -0.05) is 30.3 Å². The highest BCUT2D eigenvalue weighted by molar-refractivity contribution is 5.82. The second kappa shape index (κ2) is 5.38. The number of rotatable bonds is 1. The average Bonchev–Trinajstić information content (AvgIpc) is 2.74. The fraction of sp³-hybridized carbons (Fsp3) is 0.375. The van der Waals surface area contributed by atoms with Crippen molar-refractivity contribution in [2.45, 2.75) is 25.2 Å². The van der Waals surface area contributed by atoms with Gasteiger partial charge in [-0.25, -0.2) is 0 Å². The third-order valence-electron chi connectivity index (χ3n) is 3.98. The van der Waals surface area contributed by atoms with Crippen LogP contribution in [-0.4, -0.2) is 23.9 Å². The van der Waals surface area contributed by atoms with E-state index in [1.54, 1.807) is 4.90 Å². The molecule has 1 atom stereocenters. The summed E-state index contributed by atoms with van der Waals surface area (Å²) in [4.78, 5) is 14.1. The molecule has 0 bridgehead atoms.